The van der Waals surface area contributed by atoms with Gasteiger partial charge in [-0.05, 0) is 42.8 Å². The van der Waals surface area contributed by atoms with E-state index >= 15 is 0 Å². The van der Waals surface area contributed by atoms with Crippen molar-refractivity contribution >= 4 is 33.8 Å². The summed E-state index contributed by atoms with van der Waals surface area (Å²) in [5.41, 5.74) is 6.01. The topological polar surface area (TPSA) is 104 Å². The first-order chi connectivity index (χ1) is 10.1. The molecular weight excluding hydrogens is 354 g/mol. The average Bonchev–Trinajstić information content (AvgIpc) is 2.39. The molecule has 1 aromatic heterocycles. The van der Waals surface area contributed by atoms with E-state index in [1.807, 2.05) is 0 Å². The third-order valence-corrected chi connectivity index (χ3v) is 3.20. The number of hydrogen-bond acceptors (Lipinski definition) is 6. The van der Waals surface area contributed by atoms with Crippen molar-refractivity contribution in [2.24, 2.45) is 0 Å². The molecule has 1 rings (SSSR count). The zero-order valence-electron chi connectivity index (χ0n) is 13.0. The molecular formula is C14H20BrN3O4. The van der Waals surface area contributed by atoms with E-state index in [0.29, 0.717) is 23.1 Å². The van der Waals surface area contributed by atoms with Gasteiger partial charge in [0.15, 0.2) is 0 Å². The van der Waals surface area contributed by atoms with Crippen molar-refractivity contribution < 1.29 is 19.1 Å². The maximum Gasteiger partial charge on any atom is 0.407 e. The zero-order chi connectivity index (χ0) is 16.9. The number of nitrogens with two attached hydrogens (primary N) is 1. The van der Waals surface area contributed by atoms with Gasteiger partial charge < -0.3 is 20.5 Å². The molecule has 0 unspecified atom stereocenters. The monoisotopic (exact) mass is 373 g/mol. The molecule has 1 aromatic rings. The lowest BCUT2D eigenvalue weighted by Crippen LogP contribution is -2.33. The zero-order valence-corrected chi connectivity index (χ0v) is 14.6. The second-order valence-electron chi connectivity index (χ2n) is 5.52. The molecule has 0 saturated heterocycles. The van der Waals surface area contributed by atoms with Crippen LogP contribution in [0.4, 0.5) is 10.6 Å². The Balaban J connectivity index is 2.66. The van der Waals surface area contributed by atoms with Gasteiger partial charge in [-0.15, -0.1) is 0 Å². The van der Waals surface area contributed by atoms with E-state index < -0.39 is 17.7 Å². The molecule has 0 aromatic carbocycles. The Hall–Kier alpha value is -1.83. The van der Waals surface area contributed by atoms with Crippen molar-refractivity contribution in [2.45, 2.75) is 32.8 Å². The SMILES string of the molecule is COC(=O)c1cc(Br)c(CCNC(=O)OC(C)(C)C)nc1N. The molecule has 22 heavy (non-hydrogen) atoms. The van der Waals surface area contributed by atoms with Crippen LogP contribution in [-0.4, -0.2) is 36.3 Å². The summed E-state index contributed by atoms with van der Waals surface area (Å²) in [5.74, 6) is -0.466. The Morgan fingerprint density at radius 1 is 1.41 bits per heavy atom. The molecule has 1 amide bonds. The van der Waals surface area contributed by atoms with E-state index in [4.69, 9.17) is 10.5 Å². The van der Waals surface area contributed by atoms with Gasteiger partial charge in [0.2, 0.25) is 0 Å². The number of aromatic nitrogens is 1. The molecule has 0 atom stereocenters. The van der Waals surface area contributed by atoms with Gasteiger partial charge in [0, 0.05) is 17.4 Å². The highest BCUT2D eigenvalue weighted by Crippen LogP contribution is 2.21. The number of pyridine rings is 1. The van der Waals surface area contributed by atoms with Crippen LogP contribution in [-0.2, 0) is 15.9 Å². The molecule has 0 aliphatic rings. The number of hydrogen-bond donors (Lipinski definition) is 2. The Kier molecular flexibility index (Phi) is 6.16. The van der Waals surface area contributed by atoms with Gasteiger partial charge in [0.25, 0.3) is 0 Å². The van der Waals surface area contributed by atoms with Crippen LogP contribution in [0.5, 0.6) is 0 Å². The first kappa shape index (κ1) is 18.2. The number of nitrogens with one attached hydrogen (secondary N) is 1. The minimum atomic E-state index is -0.552. The van der Waals surface area contributed by atoms with E-state index in [1.165, 1.54) is 7.11 Å². The lowest BCUT2D eigenvalue weighted by molar-refractivity contribution is 0.0527. The van der Waals surface area contributed by atoms with Crippen LogP contribution in [0.25, 0.3) is 0 Å². The average molecular weight is 374 g/mol. The highest BCUT2D eigenvalue weighted by molar-refractivity contribution is 9.10. The maximum absolute atomic E-state index is 11.5. The van der Waals surface area contributed by atoms with Crippen LogP contribution in [0, 0.1) is 0 Å². The van der Waals surface area contributed by atoms with Crippen LogP contribution in [0.15, 0.2) is 10.5 Å². The third kappa shape index (κ3) is 5.51. The minimum absolute atomic E-state index is 0.0855. The fraction of sp³-hybridized carbons (Fsp3) is 0.500. The van der Waals surface area contributed by atoms with Crippen LogP contribution >= 0.6 is 15.9 Å². The number of rotatable bonds is 4. The molecule has 7 nitrogen and oxygen atoms in total. The molecule has 0 aliphatic carbocycles. The number of methoxy groups -OCH3 is 1. The van der Waals surface area contributed by atoms with Crippen LogP contribution < -0.4 is 11.1 Å². The number of nitrogen functional groups attached to an aromatic ring is 1. The van der Waals surface area contributed by atoms with Crippen molar-refractivity contribution in [3.63, 3.8) is 0 Å². The van der Waals surface area contributed by atoms with Gasteiger partial charge in [-0.1, -0.05) is 0 Å². The van der Waals surface area contributed by atoms with E-state index in [2.05, 4.69) is 31.0 Å². The number of carbonyl (C=O) groups is 2. The van der Waals surface area contributed by atoms with Crippen LogP contribution in [0.1, 0.15) is 36.8 Å². The number of alkyl carbamates (subject to hydrolysis) is 1. The highest BCUT2D eigenvalue weighted by atomic mass is 79.9. The Morgan fingerprint density at radius 2 is 2.05 bits per heavy atom. The van der Waals surface area contributed by atoms with Gasteiger partial charge in [0.1, 0.15) is 17.0 Å². The second kappa shape index (κ2) is 7.44. The van der Waals surface area contributed by atoms with Gasteiger partial charge >= 0.3 is 12.1 Å². The molecule has 0 radical (unpaired) electrons. The molecule has 0 bridgehead atoms. The van der Waals surface area contributed by atoms with Gasteiger partial charge in [-0.2, -0.15) is 0 Å². The molecule has 0 aliphatic heterocycles. The first-order valence-corrected chi connectivity index (χ1v) is 7.43. The standard InChI is InChI=1S/C14H20BrN3O4/c1-14(2,3)22-13(20)17-6-5-10-9(15)7-8(11(16)18-10)12(19)21-4/h7H,5-6H2,1-4H3,(H2,16,18)(H,17,20). The summed E-state index contributed by atoms with van der Waals surface area (Å²) in [6.45, 7) is 5.70. The summed E-state index contributed by atoms with van der Waals surface area (Å²) in [4.78, 5) is 27.2. The number of halogens is 1. The normalized spacial score (nSPS) is 11.0. The van der Waals surface area contributed by atoms with E-state index in [-0.39, 0.29) is 11.4 Å². The van der Waals surface area contributed by atoms with Crippen LogP contribution in [0.2, 0.25) is 0 Å². The van der Waals surface area contributed by atoms with Gasteiger partial charge in [-0.25, -0.2) is 14.6 Å². The minimum Gasteiger partial charge on any atom is -0.465 e. The fourth-order valence-electron chi connectivity index (χ4n) is 1.59. The Morgan fingerprint density at radius 3 is 2.59 bits per heavy atom. The molecule has 0 spiro atoms. The van der Waals surface area contributed by atoms with Gasteiger partial charge in [0.05, 0.1) is 12.8 Å². The number of amides is 1. The summed E-state index contributed by atoms with van der Waals surface area (Å²) < 4.78 is 10.4. The lowest BCUT2D eigenvalue weighted by Gasteiger charge is -2.19. The van der Waals surface area contributed by atoms with Crippen molar-refractivity contribution in [1.82, 2.24) is 10.3 Å². The molecule has 1 heterocycles. The van der Waals surface area contributed by atoms with Crippen molar-refractivity contribution in [1.29, 1.82) is 0 Å². The second-order valence-corrected chi connectivity index (χ2v) is 6.37. The number of carbonyl (C=O) groups excluding carboxylic acids is 2. The molecule has 8 heteroatoms. The molecule has 3 N–H and O–H groups in total. The first-order valence-electron chi connectivity index (χ1n) is 6.64. The summed E-state index contributed by atoms with van der Waals surface area (Å²) in [5, 5.41) is 2.63. The smallest absolute Gasteiger partial charge is 0.407 e. The Labute approximate surface area is 137 Å². The van der Waals surface area contributed by atoms with Crippen LogP contribution in [0.3, 0.4) is 0 Å². The predicted molar refractivity (Wildman–Crippen MR) is 85.6 cm³/mol. The summed E-state index contributed by atoms with van der Waals surface area (Å²) in [6, 6.07) is 1.55. The van der Waals surface area contributed by atoms with E-state index in [0.717, 1.165) is 0 Å². The van der Waals surface area contributed by atoms with Crippen molar-refractivity contribution in [3.05, 3.63) is 21.8 Å². The van der Waals surface area contributed by atoms with Crippen molar-refractivity contribution in [3.8, 4) is 0 Å². The summed E-state index contributed by atoms with van der Waals surface area (Å²) >= 11 is 3.33. The maximum atomic E-state index is 11.5. The number of anilines is 1. The third-order valence-electron chi connectivity index (χ3n) is 2.51. The molecule has 122 valence electrons. The largest absolute Gasteiger partial charge is 0.465 e. The number of ether oxygens (including phenoxy) is 2. The lowest BCUT2D eigenvalue weighted by atomic mass is 10.2. The predicted octanol–water partition coefficient (Wildman–Crippen LogP) is 2.28. The number of esters is 1. The van der Waals surface area contributed by atoms with E-state index in [9.17, 15) is 9.59 Å². The molecule has 0 saturated carbocycles. The van der Waals surface area contributed by atoms with Crippen molar-refractivity contribution in [2.75, 3.05) is 19.4 Å². The quantitative estimate of drug-likeness (QED) is 0.784. The van der Waals surface area contributed by atoms with E-state index in [1.54, 1.807) is 26.8 Å². The summed E-state index contributed by atoms with van der Waals surface area (Å²) in [7, 11) is 1.27. The number of nitrogens with zero attached hydrogens (tertiary/aromatic N) is 1. The highest BCUT2D eigenvalue weighted by Gasteiger charge is 2.17. The van der Waals surface area contributed by atoms with Gasteiger partial charge in [-0.3, -0.25) is 0 Å². The molecule has 0 fully saturated rings. The summed E-state index contributed by atoms with van der Waals surface area (Å²) in [6.07, 6.45) is -0.0614. The Bertz CT molecular complexity index is 570. The fourth-order valence-corrected chi connectivity index (χ4v) is 2.10.